The van der Waals surface area contributed by atoms with Crippen molar-refractivity contribution in [1.29, 1.82) is 0 Å². The van der Waals surface area contributed by atoms with Gasteiger partial charge in [0.15, 0.2) is 5.96 Å². The fourth-order valence-corrected chi connectivity index (χ4v) is 2.16. The quantitative estimate of drug-likeness (QED) is 0.289. The smallest absolute Gasteiger partial charge is 0.408 e. The van der Waals surface area contributed by atoms with Gasteiger partial charge in [0.05, 0.1) is 11.6 Å². The summed E-state index contributed by atoms with van der Waals surface area (Å²) in [5.74, 6) is 1.23. The van der Waals surface area contributed by atoms with Crippen LogP contribution >= 0.6 is 24.0 Å². The predicted octanol–water partition coefficient (Wildman–Crippen LogP) is 3.46. The molecule has 0 bridgehead atoms. The summed E-state index contributed by atoms with van der Waals surface area (Å²) >= 11 is 0. The van der Waals surface area contributed by atoms with Crippen molar-refractivity contribution in [2.24, 2.45) is 4.99 Å². The van der Waals surface area contributed by atoms with Crippen molar-refractivity contribution in [3.8, 4) is 5.88 Å². The number of alkyl carbamates (subject to hydrolysis) is 1. The first kappa shape index (κ1) is 27.2. The molecule has 1 heterocycles. The molecule has 0 aromatic carbocycles. The van der Waals surface area contributed by atoms with Crippen molar-refractivity contribution in [3.05, 3.63) is 23.9 Å². The van der Waals surface area contributed by atoms with Crippen molar-refractivity contribution in [3.63, 3.8) is 0 Å². The summed E-state index contributed by atoms with van der Waals surface area (Å²) in [4.78, 5) is 20.5. The van der Waals surface area contributed by atoms with Crippen LogP contribution in [0.3, 0.4) is 0 Å². The van der Waals surface area contributed by atoms with Crippen LogP contribution in [-0.4, -0.2) is 47.9 Å². The highest BCUT2D eigenvalue weighted by Crippen LogP contribution is 2.10. The Morgan fingerprint density at radius 3 is 2.31 bits per heavy atom. The van der Waals surface area contributed by atoms with Gasteiger partial charge in [-0.05, 0) is 54.0 Å². The van der Waals surface area contributed by atoms with Gasteiger partial charge in [0, 0.05) is 32.4 Å². The third-order valence-corrected chi connectivity index (χ3v) is 3.37. The van der Waals surface area contributed by atoms with Crippen LogP contribution in [0, 0.1) is 0 Å². The number of aromatic nitrogens is 1. The molecule has 0 unspecified atom stereocenters. The van der Waals surface area contributed by atoms with Gasteiger partial charge < -0.3 is 25.4 Å². The summed E-state index contributed by atoms with van der Waals surface area (Å²) in [7, 11) is 1.70. The number of pyridine rings is 1. The van der Waals surface area contributed by atoms with Crippen molar-refractivity contribution in [2.75, 3.05) is 13.6 Å². The lowest BCUT2D eigenvalue weighted by Gasteiger charge is -2.29. The molecule has 0 fully saturated rings. The summed E-state index contributed by atoms with van der Waals surface area (Å²) in [5, 5.41) is 9.29. The van der Waals surface area contributed by atoms with E-state index in [4.69, 9.17) is 9.47 Å². The highest BCUT2D eigenvalue weighted by Gasteiger charge is 2.24. The maximum absolute atomic E-state index is 12.0. The zero-order valence-corrected chi connectivity index (χ0v) is 21.1. The Bertz CT molecular complexity index is 655. The van der Waals surface area contributed by atoms with E-state index in [-0.39, 0.29) is 30.1 Å². The van der Waals surface area contributed by atoms with Crippen LogP contribution in [0.5, 0.6) is 5.88 Å². The van der Waals surface area contributed by atoms with Gasteiger partial charge in [-0.25, -0.2) is 9.78 Å². The van der Waals surface area contributed by atoms with Crippen molar-refractivity contribution in [2.45, 2.75) is 72.3 Å². The normalized spacial score (nSPS) is 12.1. The van der Waals surface area contributed by atoms with Crippen molar-refractivity contribution >= 4 is 36.0 Å². The molecule has 1 aromatic rings. The minimum atomic E-state index is -0.533. The van der Waals surface area contributed by atoms with Crippen LogP contribution in [0.15, 0.2) is 23.3 Å². The second kappa shape index (κ2) is 12.0. The summed E-state index contributed by atoms with van der Waals surface area (Å²) in [6, 6.07) is 3.81. The van der Waals surface area contributed by atoms with E-state index in [9.17, 15) is 4.79 Å². The van der Waals surface area contributed by atoms with Gasteiger partial charge in [-0.2, -0.15) is 0 Å². The topological polar surface area (TPSA) is 96.9 Å². The standard InChI is InChI=1S/C20H35N5O3.HI/c1-14(2)27-16-10-9-15(11-22-16)12-23-17(21-8)24-13-20(6,7)25-18(26)28-19(3,4)5;/h9-11,14H,12-13H2,1-8H3,(H,25,26)(H2,21,23,24);1H. The molecule has 1 aromatic heterocycles. The van der Waals surface area contributed by atoms with Crippen LogP contribution in [0.25, 0.3) is 0 Å². The van der Waals surface area contributed by atoms with E-state index in [1.165, 1.54) is 0 Å². The Labute approximate surface area is 191 Å². The molecule has 29 heavy (non-hydrogen) atoms. The number of guanidine groups is 1. The molecule has 1 rings (SSSR count). The molecule has 0 saturated carbocycles. The van der Waals surface area contributed by atoms with Gasteiger partial charge in [-0.3, -0.25) is 4.99 Å². The molecule has 0 radical (unpaired) electrons. The minimum absolute atomic E-state index is 0. The van der Waals surface area contributed by atoms with E-state index in [2.05, 4.69) is 25.9 Å². The Balaban J connectivity index is 0.00000784. The third-order valence-electron chi connectivity index (χ3n) is 3.37. The lowest BCUT2D eigenvalue weighted by atomic mass is 10.1. The van der Waals surface area contributed by atoms with Gasteiger partial charge >= 0.3 is 6.09 Å². The summed E-state index contributed by atoms with van der Waals surface area (Å²) in [6.07, 6.45) is 1.42. The number of amides is 1. The first-order valence-corrected chi connectivity index (χ1v) is 9.47. The Morgan fingerprint density at radius 2 is 1.83 bits per heavy atom. The Morgan fingerprint density at radius 1 is 1.17 bits per heavy atom. The summed E-state index contributed by atoms with van der Waals surface area (Å²) < 4.78 is 10.8. The van der Waals surface area contributed by atoms with Crippen LogP contribution < -0.4 is 20.7 Å². The highest BCUT2D eigenvalue weighted by atomic mass is 127. The molecule has 1 amide bonds. The Kier molecular flexibility index (Phi) is 11.3. The van der Waals surface area contributed by atoms with Gasteiger partial charge in [0.25, 0.3) is 0 Å². The number of hydrogen-bond donors (Lipinski definition) is 3. The van der Waals surface area contributed by atoms with E-state index >= 15 is 0 Å². The van der Waals surface area contributed by atoms with E-state index in [0.717, 1.165) is 5.56 Å². The van der Waals surface area contributed by atoms with Crippen LogP contribution in [0.1, 0.15) is 54.0 Å². The zero-order chi connectivity index (χ0) is 21.4. The molecular formula is C20H36IN5O3. The van der Waals surface area contributed by atoms with Crippen molar-refractivity contribution in [1.82, 2.24) is 20.9 Å². The molecule has 9 heteroatoms. The molecular weight excluding hydrogens is 485 g/mol. The first-order chi connectivity index (χ1) is 12.9. The van der Waals surface area contributed by atoms with Crippen LogP contribution in [0.2, 0.25) is 0 Å². The number of hydrogen-bond acceptors (Lipinski definition) is 5. The molecule has 0 aliphatic rings. The number of nitrogens with zero attached hydrogens (tertiary/aromatic N) is 2. The minimum Gasteiger partial charge on any atom is -0.475 e. The molecule has 0 spiro atoms. The maximum atomic E-state index is 12.0. The number of rotatable bonds is 7. The first-order valence-electron chi connectivity index (χ1n) is 9.47. The monoisotopic (exact) mass is 521 g/mol. The fraction of sp³-hybridized carbons (Fsp3) is 0.650. The molecule has 0 atom stereocenters. The van der Waals surface area contributed by atoms with E-state index in [0.29, 0.717) is 24.9 Å². The largest absolute Gasteiger partial charge is 0.475 e. The lowest BCUT2D eigenvalue weighted by molar-refractivity contribution is 0.0474. The van der Waals surface area contributed by atoms with Crippen LogP contribution in [-0.2, 0) is 11.3 Å². The van der Waals surface area contributed by atoms with E-state index in [1.807, 2.05) is 60.6 Å². The number of carbonyl (C=O) groups is 1. The zero-order valence-electron chi connectivity index (χ0n) is 18.8. The molecule has 8 nitrogen and oxygen atoms in total. The Hall–Kier alpha value is -1.78. The van der Waals surface area contributed by atoms with Gasteiger partial charge in [0.2, 0.25) is 5.88 Å². The molecule has 166 valence electrons. The average Bonchev–Trinajstić information content (AvgIpc) is 2.53. The maximum Gasteiger partial charge on any atom is 0.408 e. The number of halogens is 1. The molecule has 0 aliphatic carbocycles. The van der Waals surface area contributed by atoms with E-state index < -0.39 is 17.2 Å². The number of nitrogens with one attached hydrogen (secondary N) is 3. The average molecular weight is 521 g/mol. The number of aliphatic imine (C=N–C) groups is 1. The summed E-state index contributed by atoms with van der Waals surface area (Å²) in [6.45, 7) is 14.3. The molecule has 0 aliphatic heterocycles. The number of carbonyl (C=O) groups excluding carboxylic acids is 1. The highest BCUT2D eigenvalue weighted by molar-refractivity contribution is 14.0. The van der Waals surface area contributed by atoms with E-state index in [1.54, 1.807) is 13.2 Å². The molecule has 0 saturated heterocycles. The van der Waals surface area contributed by atoms with Gasteiger partial charge in [-0.15, -0.1) is 24.0 Å². The number of ether oxygens (including phenoxy) is 2. The summed E-state index contributed by atoms with van der Waals surface area (Å²) in [5.41, 5.74) is -0.0445. The fourth-order valence-electron chi connectivity index (χ4n) is 2.16. The second-order valence-corrected chi connectivity index (χ2v) is 8.46. The third kappa shape index (κ3) is 12.4. The SMILES string of the molecule is CN=C(NCc1ccc(OC(C)C)nc1)NCC(C)(C)NC(=O)OC(C)(C)C.I. The van der Waals surface area contributed by atoms with Gasteiger partial charge in [0.1, 0.15) is 5.60 Å². The lowest BCUT2D eigenvalue weighted by Crippen LogP contribution is -2.54. The second-order valence-electron chi connectivity index (χ2n) is 8.46. The predicted molar refractivity (Wildman–Crippen MR) is 127 cm³/mol. The molecule has 3 N–H and O–H groups in total. The van der Waals surface area contributed by atoms with Crippen molar-refractivity contribution < 1.29 is 14.3 Å². The van der Waals surface area contributed by atoms with Crippen LogP contribution in [0.4, 0.5) is 4.79 Å². The van der Waals surface area contributed by atoms with Gasteiger partial charge in [-0.1, -0.05) is 6.07 Å².